The first-order chi connectivity index (χ1) is 8.97. The summed E-state index contributed by atoms with van der Waals surface area (Å²) in [4.78, 5) is 0. The average molecular weight is 297 g/mol. The molecule has 0 aromatic heterocycles. The summed E-state index contributed by atoms with van der Waals surface area (Å²) >= 11 is 12.2. The number of rotatable bonds is 3. The summed E-state index contributed by atoms with van der Waals surface area (Å²) in [6, 6.07) is 10.7. The van der Waals surface area contributed by atoms with Gasteiger partial charge in [0.2, 0.25) is 0 Å². The van der Waals surface area contributed by atoms with Crippen LogP contribution in [0.15, 0.2) is 36.4 Å². The Morgan fingerprint density at radius 2 is 1.74 bits per heavy atom. The topological polar surface area (TPSA) is 29.5 Å². The van der Waals surface area contributed by atoms with Gasteiger partial charge in [-0.1, -0.05) is 35.3 Å². The van der Waals surface area contributed by atoms with Crippen molar-refractivity contribution in [3.05, 3.63) is 57.6 Å². The fourth-order valence-corrected chi connectivity index (χ4v) is 2.05. The molecule has 1 unspecified atom stereocenters. The van der Waals surface area contributed by atoms with Gasteiger partial charge in [0.1, 0.15) is 11.5 Å². The number of aliphatic hydroxyl groups is 1. The Balaban J connectivity index is 2.31. The highest BCUT2D eigenvalue weighted by molar-refractivity contribution is 6.32. The number of hydrogen-bond acceptors (Lipinski definition) is 2. The van der Waals surface area contributed by atoms with Crippen LogP contribution in [-0.4, -0.2) is 5.11 Å². The normalized spacial score (nSPS) is 12.3. The predicted octanol–water partition coefficient (Wildman–Crippen LogP) is 5.15. The van der Waals surface area contributed by atoms with E-state index in [1.54, 1.807) is 31.2 Å². The van der Waals surface area contributed by atoms with Crippen molar-refractivity contribution >= 4 is 23.2 Å². The molecule has 2 aromatic rings. The zero-order valence-electron chi connectivity index (χ0n) is 10.7. The van der Waals surface area contributed by atoms with E-state index < -0.39 is 6.10 Å². The fourth-order valence-electron chi connectivity index (χ4n) is 1.67. The van der Waals surface area contributed by atoms with Gasteiger partial charge >= 0.3 is 0 Å². The van der Waals surface area contributed by atoms with Gasteiger partial charge < -0.3 is 9.84 Å². The van der Waals surface area contributed by atoms with Gasteiger partial charge in [0, 0.05) is 0 Å². The van der Waals surface area contributed by atoms with Crippen LogP contribution in [0.5, 0.6) is 11.5 Å². The van der Waals surface area contributed by atoms with Crippen LogP contribution in [0.3, 0.4) is 0 Å². The number of aliphatic hydroxyl groups excluding tert-OH is 1. The molecular formula is C15H14Cl2O2. The van der Waals surface area contributed by atoms with Crippen LogP contribution in [-0.2, 0) is 0 Å². The smallest absolute Gasteiger partial charge is 0.146 e. The summed E-state index contributed by atoms with van der Waals surface area (Å²) < 4.78 is 5.71. The number of ether oxygens (including phenoxy) is 1. The third kappa shape index (κ3) is 3.41. The van der Waals surface area contributed by atoms with Gasteiger partial charge in [-0.15, -0.1) is 0 Å². The number of halogens is 2. The fraction of sp³-hybridized carbons (Fsp3) is 0.200. The average Bonchev–Trinajstić information content (AvgIpc) is 2.36. The molecule has 0 radical (unpaired) electrons. The molecule has 0 aliphatic heterocycles. The highest BCUT2D eigenvalue weighted by atomic mass is 35.5. The van der Waals surface area contributed by atoms with Crippen molar-refractivity contribution in [2.75, 3.05) is 0 Å². The molecule has 0 heterocycles. The molecule has 1 N–H and O–H groups in total. The molecule has 0 fully saturated rings. The van der Waals surface area contributed by atoms with E-state index in [2.05, 4.69) is 0 Å². The zero-order valence-corrected chi connectivity index (χ0v) is 12.2. The van der Waals surface area contributed by atoms with E-state index in [1.807, 2.05) is 19.1 Å². The first-order valence-corrected chi connectivity index (χ1v) is 6.64. The maximum Gasteiger partial charge on any atom is 0.146 e. The van der Waals surface area contributed by atoms with E-state index in [0.29, 0.717) is 21.5 Å². The van der Waals surface area contributed by atoms with Crippen molar-refractivity contribution in [2.45, 2.75) is 20.0 Å². The third-order valence-corrected chi connectivity index (χ3v) is 3.35. The van der Waals surface area contributed by atoms with Crippen LogP contribution >= 0.6 is 23.2 Å². The Morgan fingerprint density at radius 3 is 2.37 bits per heavy atom. The van der Waals surface area contributed by atoms with E-state index in [9.17, 15) is 5.11 Å². The third-order valence-electron chi connectivity index (χ3n) is 2.74. The lowest BCUT2D eigenvalue weighted by Crippen LogP contribution is -1.92. The van der Waals surface area contributed by atoms with Gasteiger partial charge in [-0.2, -0.15) is 0 Å². The van der Waals surface area contributed by atoms with Crippen molar-refractivity contribution in [2.24, 2.45) is 0 Å². The molecule has 100 valence electrons. The van der Waals surface area contributed by atoms with E-state index in [4.69, 9.17) is 27.9 Å². The van der Waals surface area contributed by atoms with Gasteiger partial charge in [-0.3, -0.25) is 0 Å². The highest BCUT2D eigenvalue weighted by Crippen LogP contribution is 2.35. The maximum absolute atomic E-state index is 9.49. The monoisotopic (exact) mass is 296 g/mol. The number of aryl methyl sites for hydroxylation is 1. The zero-order chi connectivity index (χ0) is 14.0. The van der Waals surface area contributed by atoms with Gasteiger partial charge in [-0.25, -0.2) is 0 Å². The summed E-state index contributed by atoms with van der Waals surface area (Å²) in [5.41, 5.74) is 1.80. The number of benzene rings is 2. The molecule has 0 saturated carbocycles. The molecule has 1 atom stereocenters. The van der Waals surface area contributed by atoms with Crippen molar-refractivity contribution in [1.29, 1.82) is 0 Å². The van der Waals surface area contributed by atoms with Crippen molar-refractivity contribution in [1.82, 2.24) is 0 Å². The standard InChI is InChI=1S/C15H14Cl2O2/c1-9-3-5-12(16)15(7-9)19-14-6-4-11(10(2)18)8-13(14)17/h3-8,10,18H,1-2H3. The lowest BCUT2D eigenvalue weighted by Gasteiger charge is -2.12. The summed E-state index contributed by atoms with van der Waals surface area (Å²) in [6.07, 6.45) is -0.561. The second-order valence-corrected chi connectivity index (χ2v) is 5.22. The molecule has 0 bridgehead atoms. The largest absolute Gasteiger partial charge is 0.454 e. The van der Waals surface area contributed by atoms with Crippen molar-refractivity contribution < 1.29 is 9.84 Å². The molecule has 0 aliphatic rings. The minimum atomic E-state index is -0.561. The molecule has 4 heteroatoms. The van der Waals surface area contributed by atoms with Crippen molar-refractivity contribution in [3.8, 4) is 11.5 Å². The summed E-state index contributed by atoms with van der Waals surface area (Å²) in [7, 11) is 0. The SMILES string of the molecule is Cc1ccc(Cl)c(Oc2ccc(C(C)O)cc2Cl)c1. The first kappa shape index (κ1) is 14.2. The quantitative estimate of drug-likeness (QED) is 0.849. The van der Waals surface area contributed by atoms with Gasteiger partial charge in [0.25, 0.3) is 0 Å². The summed E-state index contributed by atoms with van der Waals surface area (Å²) in [5, 5.41) is 10.5. The van der Waals surface area contributed by atoms with Gasteiger partial charge in [-0.05, 0) is 49.2 Å². The Hall–Kier alpha value is -1.22. The van der Waals surface area contributed by atoms with Gasteiger partial charge in [0.05, 0.1) is 16.1 Å². The molecular weight excluding hydrogens is 283 g/mol. The van der Waals surface area contributed by atoms with Crippen LogP contribution in [0.2, 0.25) is 10.0 Å². The molecule has 0 saturated heterocycles. The molecule has 2 rings (SSSR count). The molecule has 0 amide bonds. The lowest BCUT2D eigenvalue weighted by atomic mass is 10.1. The molecule has 2 nitrogen and oxygen atoms in total. The van der Waals surface area contributed by atoms with Gasteiger partial charge in [0.15, 0.2) is 0 Å². The second kappa shape index (κ2) is 5.83. The minimum absolute atomic E-state index is 0.441. The van der Waals surface area contributed by atoms with Crippen LogP contribution in [0.4, 0.5) is 0 Å². The van der Waals surface area contributed by atoms with E-state index in [0.717, 1.165) is 11.1 Å². The Labute approximate surface area is 122 Å². The van der Waals surface area contributed by atoms with Crippen LogP contribution < -0.4 is 4.74 Å². The molecule has 0 aliphatic carbocycles. The maximum atomic E-state index is 9.49. The Morgan fingerprint density at radius 1 is 1.00 bits per heavy atom. The Bertz CT molecular complexity index is 595. The van der Waals surface area contributed by atoms with Crippen LogP contribution in [0.1, 0.15) is 24.2 Å². The molecule has 2 aromatic carbocycles. The lowest BCUT2D eigenvalue weighted by molar-refractivity contribution is 0.199. The van der Waals surface area contributed by atoms with E-state index in [1.165, 1.54) is 0 Å². The predicted molar refractivity (Wildman–Crippen MR) is 78.3 cm³/mol. The Kier molecular flexibility index (Phi) is 4.35. The van der Waals surface area contributed by atoms with Crippen molar-refractivity contribution in [3.63, 3.8) is 0 Å². The van der Waals surface area contributed by atoms with E-state index in [-0.39, 0.29) is 0 Å². The van der Waals surface area contributed by atoms with E-state index >= 15 is 0 Å². The summed E-state index contributed by atoms with van der Waals surface area (Å²) in [5.74, 6) is 1.08. The minimum Gasteiger partial charge on any atom is -0.454 e. The highest BCUT2D eigenvalue weighted by Gasteiger charge is 2.09. The molecule has 0 spiro atoms. The second-order valence-electron chi connectivity index (χ2n) is 4.40. The van der Waals surface area contributed by atoms with Crippen LogP contribution in [0.25, 0.3) is 0 Å². The summed E-state index contributed by atoms with van der Waals surface area (Å²) in [6.45, 7) is 3.64. The first-order valence-electron chi connectivity index (χ1n) is 5.89. The number of hydrogen-bond donors (Lipinski definition) is 1. The van der Waals surface area contributed by atoms with Crippen LogP contribution in [0, 0.1) is 6.92 Å². The molecule has 19 heavy (non-hydrogen) atoms.